The molecular weight excluding hydrogens is 536 g/mol. The summed E-state index contributed by atoms with van der Waals surface area (Å²) >= 11 is 0. The van der Waals surface area contributed by atoms with Crippen molar-refractivity contribution in [2.75, 3.05) is 25.1 Å². The summed E-state index contributed by atoms with van der Waals surface area (Å²) in [5, 5.41) is 16.1. The molecule has 6 rings (SSSR count). The first-order chi connectivity index (χ1) is 20.6. The van der Waals surface area contributed by atoms with E-state index in [0.29, 0.717) is 26.2 Å². The van der Waals surface area contributed by atoms with Gasteiger partial charge in [0.15, 0.2) is 0 Å². The standard InChI is InChI=1S/C33H36N2O7/c36-20-30-32-28(27-16-23(8-11-29(27)42-32)35-33(38)22-12-14-39-15-13-22)17-26(41-30)18-31(37)34-19-21-6-9-25(10-7-21)40-24-4-2-1-3-5-24/h1-11,16,22,26,28,30,32,36H,12-15,17-20H2,(H,34,37)(H,35,38)/t26-,28-,30+,32+/m1/s1. The third-order valence-corrected chi connectivity index (χ3v) is 8.16. The van der Waals surface area contributed by atoms with Crippen molar-refractivity contribution in [3.05, 3.63) is 83.9 Å². The van der Waals surface area contributed by atoms with Crippen LogP contribution >= 0.6 is 0 Å². The molecule has 42 heavy (non-hydrogen) atoms. The average Bonchev–Trinajstić information content (AvgIpc) is 3.39. The Morgan fingerprint density at radius 3 is 2.48 bits per heavy atom. The van der Waals surface area contributed by atoms with Crippen molar-refractivity contribution in [1.82, 2.24) is 5.32 Å². The molecule has 3 aromatic rings. The van der Waals surface area contributed by atoms with Crippen LogP contribution in [0.3, 0.4) is 0 Å². The van der Waals surface area contributed by atoms with Crippen molar-refractivity contribution >= 4 is 17.5 Å². The van der Waals surface area contributed by atoms with Crippen molar-refractivity contribution in [3.63, 3.8) is 0 Å². The topological polar surface area (TPSA) is 115 Å². The van der Waals surface area contributed by atoms with Gasteiger partial charge in [0.2, 0.25) is 11.8 Å². The van der Waals surface area contributed by atoms with Crippen LogP contribution in [0.15, 0.2) is 72.8 Å². The molecule has 3 heterocycles. The van der Waals surface area contributed by atoms with Crippen LogP contribution in [0.5, 0.6) is 17.2 Å². The number of nitrogens with one attached hydrogen (secondary N) is 2. The first kappa shape index (κ1) is 28.2. The summed E-state index contributed by atoms with van der Waals surface area (Å²) in [6, 6.07) is 22.8. The van der Waals surface area contributed by atoms with E-state index in [4.69, 9.17) is 18.9 Å². The zero-order valence-corrected chi connectivity index (χ0v) is 23.4. The second-order valence-electron chi connectivity index (χ2n) is 11.1. The van der Waals surface area contributed by atoms with Gasteiger partial charge in [0.1, 0.15) is 29.5 Å². The average molecular weight is 573 g/mol. The van der Waals surface area contributed by atoms with Gasteiger partial charge in [-0.1, -0.05) is 30.3 Å². The second-order valence-corrected chi connectivity index (χ2v) is 11.1. The fraction of sp³-hybridized carbons (Fsp3) is 0.394. The molecule has 0 spiro atoms. The molecule has 3 aliphatic rings. The Balaban J connectivity index is 1.04. The van der Waals surface area contributed by atoms with Crippen LogP contribution in [0.4, 0.5) is 5.69 Å². The van der Waals surface area contributed by atoms with Crippen LogP contribution in [-0.4, -0.2) is 55.1 Å². The number of carbonyl (C=O) groups excluding carboxylic acids is 2. The van der Waals surface area contributed by atoms with Crippen LogP contribution in [0.1, 0.15) is 42.7 Å². The summed E-state index contributed by atoms with van der Waals surface area (Å²) < 4.78 is 23.5. The number of hydrogen-bond donors (Lipinski definition) is 3. The lowest BCUT2D eigenvalue weighted by Crippen LogP contribution is -2.47. The van der Waals surface area contributed by atoms with E-state index in [2.05, 4.69) is 10.6 Å². The smallest absolute Gasteiger partial charge is 0.227 e. The number of para-hydroxylation sites is 1. The SMILES string of the molecule is O=C(C[C@H]1C[C@@H]2c3cc(NC(=O)C4CCOCC4)ccc3O[C@@H]2[C@H](CO)O1)NCc1ccc(Oc2ccccc2)cc1. The summed E-state index contributed by atoms with van der Waals surface area (Å²) in [4.78, 5) is 25.7. The number of fused-ring (bicyclic) bond motifs is 3. The van der Waals surface area contributed by atoms with Gasteiger partial charge < -0.3 is 34.7 Å². The molecule has 3 aromatic carbocycles. The quantitative estimate of drug-likeness (QED) is 0.345. The lowest BCUT2D eigenvalue weighted by molar-refractivity contribution is -0.142. The van der Waals surface area contributed by atoms with Gasteiger partial charge >= 0.3 is 0 Å². The van der Waals surface area contributed by atoms with E-state index in [-0.39, 0.29) is 48.9 Å². The van der Waals surface area contributed by atoms with E-state index in [1.54, 1.807) is 0 Å². The molecule has 4 atom stereocenters. The Labute approximate surface area is 245 Å². The molecule has 220 valence electrons. The van der Waals surface area contributed by atoms with Crippen molar-refractivity contribution in [2.24, 2.45) is 5.92 Å². The van der Waals surface area contributed by atoms with E-state index in [1.807, 2.05) is 72.8 Å². The number of amides is 2. The third kappa shape index (κ3) is 6.59. The highest BCUT2D eigenvalue weighted by Crippen LogP contribution is 2.47. The van der Waals surface area contributed by atoms with E-state index in [0.717, 1.165) is 46.9 Å². The molecule has 9 heteroatoms. The Morgan fingerprint density at radius 2 is 1.71 bits per heavy atom. The van der Waals surface area contributed by atoms with Crippen LogP contribution < -0.4 is 20.1 Å². The monoisotopic (exact) mass is 572 g/mol. The van der Waals surface area contributed by atoms with Crippen molar-refractivity contribution < 1.29 is 33.6 Å². The maximum Gasteiger partial charge on any atom is 0.227 e. The highest BCUT2D eigenvalue weighted by Gasteiger charge is 2.46. The normalized spacial score (nSPS) is 23.3. The minimum atomic E-state index is -0.550. The summed E-state index contributed by atoms with van der Waals surface area (Å²) in [7, 11) is 0. The van der Waals surface area contributed by atoms with Crippen molar-refractivity contribution in [2.45, 2.75) is 56.5 Å². The number of hydrogen-bond acceptors (Lipinski definition) is 7. The predicted molar refractivity (Wildman–Crippen MR) is 156 cm³/mol. The highest BCUT2D eigenvalue weighted by molar-refractivity contribution is 5.92. The van der Waals surface area contributed by atoms with Crippen LogP contribution in [-0.2, 0) is 25.6 Å². The summed E-state index contributed by atoms with van der Waals surface area (Å²) in [5.41, 5.74) is 2.64. The Hall–Kier alpha value is -3.92. The number of benzene rings is 3. The number of carbonyl (C=O) groups is 2. The molecule has 3 N–H and O–H groups in total. The molecule has 3 aliphatic heterocycles. The number of anilines is 1. The van der Waals surface area contributed by atoms with Gasteiger partial charge in [-0.15, -0.1) is 0 Å². The van der Waals surface area contributed by atoms with E-state index in [1.165, 1.54) is 0 Å². The van der Waals surface area contributed by atoms with Crippen LogP contribution in [0.2, 0.25) is 0 Å². The molecule has 2 amide bonds. The maximum atomic E-state index is 12.9. The Morgan fingerprint density at radius 1 is 0.952 bits per heavy atom. The van der Waals surface area contributed by atoms with Gasteiger partial charge in [-0.2, -0.15) is 0 Å². The molecule has 0 unspecified atom stereocenters. The number of ether oxygens (including phenoxy) is 4. The summed E-state index contributed by atoms with van der Waals surface area (Å²) in [6.45, 7) is 1.38. The molecular formula is C33H36N2O7. The minimum absolute atomic E-state index is 0.00170. The maximum absolute atomic E-state index is 12.9. The van der Waals surface area contributed by atoms with Crippen molar-refractivity contribution in [3.8, 4) is 17.2 Å². The van der Waals surface area contributed by atoms with Crippen LogP contribution in [0, 0.1) is 5.92 Å². The van der Waals surface area contributed by atoms with Crippen LogP contribution in [0.25, 0.3) is 0 Å². The second kappa shape index (κ2) is 12.9. The van der Waals surface area contributed by atoms with Crippen molar-refractivity contribution in [1.29, 1.82) is 0 Å². The number of aliphatic hydroxyl groups is 1. The Bertz CT molecular complexity index is 1370. The molecule has 0 aromatic heterocycles. The van der Waals surface area contributed by atoms with Gasteiger partial charge in [-0.25, -0.2) is 0 Å². The molecule has 0 radical (unpaired) electrons. The van der Waals surface area contributed by atoms with Gasteiger partial charge in [0.25, 0.3) is 0 Å². The fourth-order valence-corrected chi connectivity index (χ4v) is 5.95. The van der Waals surface area contributed by atoms with Gasteiger partial charge in [-0.05, 0) is 67.3 Å². The third-order valence-electron chi connectivity index (χ3n) is 8.16. The van der Waals surface area contributed by atoms with E-state index in [9.17, 15) is 14.7 Å². The molecule has 9 nitrogen and oxygen atoms in total. The lowest BCUT2D eigenvalue weighted by Gasteiger charge is -2.37. The molecule has 0 saturated carbocycles. The van der Waals surface area contributed by atoms with Gasteiger partial charge in [-0.3, -0.25) is 9.59 Å². The molecule has 0 aliphatic carbocycles. The zero-order valence-electron chi connectivity index (χ0n) is 23.4. The van der Waals surface area contributed by atoms with Gasteiger partial charge in [0.05, 0.1) is 19.1 Å². The van der Waals surface area contributed by atoms with E-state index < -0.39 is 6.10 Å². The molecule has 0 bridgehead atoms. The predicted octanol–water partition coefficient (Wildman–Crippen LogP) is 4.54. The fourth-order valence-electron chi connectivity index (χ4n) is 5.95. The highest BCUT2D eigenvalue weighted by atomic mass is 16.6. The van der Waals surface area contributed by atoms with Gasteiger partial charge in [0, 0.05) is 42.8 Å². The van der Waals surface area contributed by atoms with E-state index >= 15 is 0 Å². The first-order valence-corrected chi connectivity index (χ1v) is 14.6. The molecule has 2 fully saturated rings. The summed E-state index contributed by atoms with van der Waals surface area (Å²) in [5.74, 6) is 1.98. The number of rotatable bonds is 9. The lowest BCUT2D eigenvalue weighted by atomic mass is 9.84. The summed E-state index contributed by atoms with van der Waals surface area (Å²) in [6.07, 6.45) is 0.916. The number of aliphatic hydroxyl groups excluding tert-OH is 1. The Kier molecular flexibility index (Phi) is 8.69. The zero-order chi connectivity index (χ0) is 28.9. The first-order valence-electron chi connectivity index (χ1n) is 14.6. The molecule has 2 saturated heterocycles. The largest absolute Gasteiger partial charge is 0.487 e. The minimum Gasteiger partial charge on any atom is -0.487 e.